The van der Waals surface area contributed by atoms with E-state index in [1.54, 1.807) is 28.8 Å². The number of carbonyl (C=O) groups excluding carboxylic acids is 1. The maximum atomic E-state index is 12.2. The summed E-state index contributed by atoms with van der Waals surface area (Å²) in [4.78, 5) is 12.2. The van der Waals surface area contributed by atoms with Crippen molar-refractivity contribution in [2.75, 3.05) is 0 Å². The maximum Gasteiger partial charge on any atom is 0.294 e. The summed E-state index contributed by atoms with van der Waals surface area (Å²) < 4.78 is 2.20. The molecule has 0 aliphatic heterocycles. The largest absolute Gasteiger partial charge is 0.872 e. The fourth-order valence-electron chi connectivity index (χ4n) is 2.50. The Bertz CT molecular complexity index is 1010. The van der Waals surface area contributed by atoms with E-state index in [4.69, 9.17) is 0 Å². The molecule has 0 atom stereocenters. The van der Waals surface area contributed by atoms with E-state index in [0.717, 1.165) is 5.52 Å². The number of fused-ring (bicyclic) bond motifs is 1. The molecular formula is C18H13BrN3O3-. The van der Waals surface area contributed by atoms with Crippen molar-refractivity contribution in [2.45, 2.75) is 6.54 Å². The zero-order chi connectivity index (χ0) is 18.0. The van der Waals surface area contributed by atoms with Gasteiger partial charge < -0.3 is 14.8 Å². The van der Waals surface area contributed by atoms with Gasteiger partial charge >= 0.3 is 0 Å². The fraction of sp³-hybridized carbons (Fsp3) is 0.0556. The maximum absolute atomic E-state index is 12.2. The van der Waals surface area contributed by atoms with Crippen molar-refractivity contribution in [3.63, 3.8) is 0 Å². The Balaban J connectivity index is 2.04. The second-order valence-electron chi connectivity index (χ2n) is 5.23. The second kappa shape index (κ2) is 6.90. The van der Waals surface area contributed by atoms with E-state index in [2.05, 4.69) is 32.7 Å². The Hall–Kier alpha value is -2.93. The van der Waals surface area contributed by atoms with Crippen LogP contribution in [0.4, 0.5) is 5.69 Å². The summed E-state index contributed by atoms with van der Waals surface area (Å²) in [6.07, 6.45) is 1.64. The van der Waals surface area contributed by atoms with Crippen molar-refractivity contribution in [3.8, 4) is 11.6 Å². The minimum Gasteiger partial charge on any atom is -0.872 e. The topological polar surface area (TPSA) is 90.0 Å². The summed E-state index contributed by atoms with van der Waals surface area (Å²) in [5.74, 6) is -1.33. The lowest BCUT2D eigenvalue weighted by Gasteiger charge is -2.09. The second-order valence-corrected chi connectivity index (χ2v) is 6.15. The number of rotatable bonds is 4. The molecular weight excluding hydrogens is 386 g/mol. The molecule has 3 aromatic rings. The van der Waals surface area contributed by atoms with Gasteiger partial charge in [0.1, 0.15) is 0 Å². The van der Waals surface area contributed by atoms with Crippen LogP contribution in [0.2, 0.25) is 0 Å². The van der Waals surface area contributed by atoms with Gasteiger partial charge in [-0.25, -0.2) is 0 Å². The first-order valence-electron chi connectivity index (χ1n) is 7.36. The van der Waals surface area contributed by atoms with Gasteiger partial charge in [0.2, 0.25) is 5.88 Å². The average Bonchev–Trinajstić information content (AvgIpc) is 2.87. The summed E-state index contributed by atoms with van der Waals surface area (Å²) >= 11 is 3.21. The Morgan fingerprint density at radius 1 is 1.32 bits per heavy atom. The van der Waals surface area contributed by atoms with Crippen LogP contribution in [0.1, 0.15) is 10.4 Å². The van der Waals surface area contributed by atoms with Crippen LogP contribution < -0.4 is 5.11 Å². The van der Waals surface area contributed by atoms with E-state index in [1.165, 1.54) is 12.1 Å². The molecule has 0 aliphatic rings. The highest BCUT2D eigenvalue weighted by atomic mass is 79.9. The van der Waals surface area contributed by atoms with E-state index in [-0.39, 0.29) is 17.1 Å². The monoisotopic (exact) mass is 398 g/mol. The molecule has 25 heavy (non-hydrogen) atoms. The highest BCUT2D eigenvalue weighted by molar-refractivity contribution is 9.10. The van der Waals surface area contributed by atoms with Crippen molar-refractivity contribution >= 4 is 38.4 Å². The van der Waals surface area contributed by atoms with Crippen LogP contribution in [0.3, 0.4) is 0 Å². The number of amides is 1. The molecule has 3 rings (SSSR count). The van der Waals surface area contributed by atoms with E-state index >= 15 is 0 Å². The third-order valence-corrected chi connectivity index (χ3v) is 4.14. The zero-order valence-corrected chi connectivity index (χ0v) is 14.6. The van der Waals surface area contributed by atoms with Gasteiger partial charge in [0.25, 0.3) is 5.91 Å². The number of allylic oxidation sites excluding steroid dienone is 1. The number of aromatic hydroxyl groups is 1. The van der Waals surface area contributed by atoms with Crippen LogP contribution in [0.15, 0.2) is 69.8 Å². The zero-order valence-electron chi connectivity index (χ0n) is 13.0. The van der Waals surface area contributed by atoms with Crippen LogP contribution in [-0.4, -0.2) is 15.6 Å². The molecule has 0 aliphatic carbocycles. The number of carbonyl (C=O) groups is 1. The molecule has 1 aromatic heterocycles. The number of hydrogen-bond acceptors (Lipinski definition) is 4. The van der Waals surface area contributed by atoms with Crippen LogP contribution in [0.5, 0.6) is 11.6 Å². The van der Waals surface area contributed by atoms with Gasteiger partial charge in [0.05, 0.1) is 5.52 Å². The molecule has 6 nitrogen and oxygen atoms in total. The van der Waals surface area contributed by atoms with Crippen LogP contribution in [-0.2, 0) is 6.54 Å². The van der Waals surface area contributed by atoms with Gasteiger partial charge in [-0.1, -0.05) is 52.0 Å². The highest BCUT2D eigenvalue weighted by Gasteiger charge is 2.16. The van der Waals surface area contributed by atoms with Gasteiger partial charge in [0, 0.05) is 22.0 Å². The lowest BCUT2D eigenvalue weighted by atomic mass is 10.2. The van der Waals surface area contributed by atoms with Crippen LogP contribution in [0, 0.1) is 0 Å². The first-order valence-corrected chi connectivity index (χ1v) is 8.16. The normalized spacial score (nSPS) is 11.2. The molecule has 0 saturated heterocycles. The molecule has 7 heteroatoms. The number of benzene rings is 2. The van der Waals surface area contributed by atoms with Crippen LogP contribution in [0.25, 0.3) is 10.9 Å². The first kappa shape index (κ1) is 16.9. The van der Waals surface area contributed by atoms with Gasteiger partial charge in [0.15, 0.2) is 5.69 Å². The molecule has 1 heterocycles. The predicted molar refractivity (Wildman–Crippen MR) is 96.2 cm³/mol. The smallest absolute Gasteiger partial charge is 0.294 e. The molecule has 0 saturated carbocycles. The van der Waals surface area contributed by atoms with Crippen LogP contribution >= 0.6 is 15.9 Å². The van der Waals surface area contributed by atoms with Crippen molar-refractivity contribution in [2.24, 2.45) is 10.2 Å². The number of azo groups is 1. The fourth-order valence-corrected chi connectivity index (χ4v) is 2.86. The molecule has 0 unspecified atom stereocenters. The Morgan fingerprint density at radius 3 is 2.84 bits per heavy atom. The number of halogens is 1. The lowest BCUT2D eigenvalue weighted by Crippen LogP contribution is -2.02. The van der Waals surface area contributed by atoms with Gasteiger partial charge in [-0.15, -0.1) is 16.8 Å². The van der Waals surface area contributed by atoms with Crippen molar-refractivity contribution in [1.82, 2.24) is 4.57 Å². The molecule has 0 radical (unpaired) electrons. The van der Waals surface area contributed by atoms with E-state index < -0.39 is 11.7 Å². The quantitative estimate of drug-likeness (QED) is 0.524. The molecule has 0 bridgehead atoms. The van der Waals surface area contributed by atoms with E-state index in [1.807, 2.05) is 12.1 Å². The molecule has 1 N–H and O–H groups in total. The average molecular weight is 399 g/mol. The minimum absolute atomic E-state index is 0.0903. The molecule has 1 amide bonds. The number of aromatic nitrogens is 1. The van der Waals surface area contributed by atoms with E-state index in [0.29, 0.717) is 16.4 Å². The SMILES string of the molecule is C=CCn1c(O)c(N=NC(=O)c2cc(Br)ccc2[O-])c2ccccc21. The Kier molecular flexibility index (Phi) is 4.67. The number of hydrogen-bond donors (Lipinski definition) is 1. The number of nitrogens with zero attached hydrogens (tertiary/aromatic N) is 3. The van der Waals surface area contributed by atoms with Crippen molar-refractivity contribution < 1.29 is 15.0 Å². The van der Waals surface area contributed by atoms with Gasteiger partial charge in [-0.3, -0.25) is 4.79 Å². The summed E-state index contributed by atoms with van der Waals surface area (Å²) in [7, 11) is 0. The summed E-state index contributed by atoms with van der Waals surface area (Å²) in [5.41, 5.74) is 0.828. The molecule has 0 spiro atoms. The van der Waals surface area contributed by atoms with Crippen molar-refractivity contribution in [1.29, 1.82) is 0 Å². The molecule has 0 fully saturated rings. The highest BCUT2D eigenvalue weighted by Crippen LogP contribution is 2.38. The lowest BCUT2D eigenvalue weighted by molar-refractivity contribution is -0.268. The number of para-hydroxylation sites is 1. The third-order valence-electron chi connectivity index (χ3n) is 3.64. The summed E-state index contributed by atoms with van der Waals surface area (Å²) in [5, 5.41) is 30.4. The minimum atomic E-state index is -0.772. The van der Waals surface area contributed by atoms with E-state index in [9.17, 15) is 15.0 Å². The Morgan fingerprint density at radius 2 is 2.08 bits per heavy atom. The van der Waals surface area contributed by atoms with Crippen molar-refractivity contribution in [3.05, 3.63) is 65.2 Å². The van der Waals surface area contributed by atoms with Gasteiger partial charge in [-0.05, 0) is 18.2 Å². The Labute approximate surface area is 151 Å². The predicted octanol–water partition coefficient (Wildman–Crippen LogP) is 4.29. The molecule has 126 valence electrons. The third kappa shape index (κ3) is 3.18. The molecule has 2 aromatic carbocycles. The summed E-state index contributed by atoms with van der Waals surface area (Å²) in [6.45, 7) is 4.05. The standard InChI is InChI=1S/C18H14BrN3O3/c1-2-9-22-14-6-4-3-5-12(14)16(18(22)25)20-21-17(24)13-10-11(19)7-8-15(13)23/h2-8,10,23,25H,1,9H2/p-1. The van der Waals surface area contributed by atoms with Gasteiger partial charge in [-0.2, -0.15) is 0 Å². The summed E-state index contributed by atoms with van der Waals surface area (Å²) in [6, 6.07) is 11.4. The first-order chi connectivity index (χ1) is 12.0.